The van der Waals surface area contributed by atoms with E-state index in [9.17, 15) is 0 Å². The normalized spacial score (nSPS) is 27.9. The molecule has 15 heavy (non-hydrogen) atoms. The van der Waals surface area contributed by atoms with Gasteiger partial charge in [-0.1, -0.05) is 13.0 Å². The maximum atomic E-state index is 6.20. The quantitative estimate of drug-likeness (QED) is 0.718. The zero-order chi connectivity index (χ0) is 10.7. The summed E-state index contributed by atoms with van der Waals surface area (Å²) in [5, 5.41) is 0.357. The Morgan fingerprint density at radius 1 is 1.60 bits per heavy atom. The lowest BCUT2D eigenvalue weighted by molar-refractivity contribution is 0.180. The van der Waals surface area contributed by atoms with E-state index in [1.54, 1.807) is 0 Å². The van der Waals surface area contributed by atoms with Crippen molar-refractivity contribution in [3.05, 3.63) is 30.1 Å². The molecule has 0 radical (unpaired) electrons. The molecule has 1 aliphatic heterocycles. The minimum Gasteiger partial charge on any atom is -0.299 e. The summed E-state index contributed by atoms with van der Waals surface area (Å²) in [6.07, 6.45) is 4.86. The van der Waals surface area contributed by atoms with Crippen LogP contribution in [-0.2, 0) is 6.54 Å². The molecule has 1 aromatic rings. The Hall–Kier alpha value is -0.600. The number of aromatic nitrogens is 1. The number of rotatable bonds is 2. The van der Waals surface area contributed by atoms with Gasteiger partial charge in [-0.05, 0) is 30.5 Å². The van der Waals surface area contributed by atoms with Crippen LogP contribution >= 0.6 is 11.6 Å². The van der Waals surface area contributed by atoms with Gasteiger partial charge in [0.15, 0.2) is 0 Å². The third-order valence-corrected chi connectivity index (χ3v) is 3.66. The van der Waals surface area contributed by atoms with Gasteiger partial charge in [0, 0.05) is 30.9 Å². The molecule has 0 N–H and O–H groups in total. The third-order valence-electron chi connectivity index (χ3n) is 3.01. The molecule has 0 saturated carbocycles. The minimum atomic E-state index is 0.357. The topological polar surface area (TPSA) is 16.1 Å². The Morgan fingerprint density at radius 2 is 2.47 bits per heavy atom. The number of piperidine rings is 1. The highest BCUT2D eigenvalue weighted by molar-refractivity contribution is 6.20. The Labute approximate surface area is 96.3 Å². The second-order valence-electron chi connectivity index (χ2n) is 4.38. The van der Waals surface area contributed by atoms with E-state index in [-0.39, 0.29) is 0 Å². The summed E-state index contributed by atoms with van der Waals surface area (Å²) in [5.41, 5.74) is 1.29. The Morgan fingerprint density at radius 3 is 3.13 bits per heavy atom. The molecule has 0 bridgehead atoms. The van der Waals surface area contributed by atoms with Gasteiger partial charge in [0.1, 0.15) is 0 Å². The number of pyridine rings is 1. The van der Waals surface area contributed by atoms with Crippen LogP contribution in [0.1, 0.15) is 18.9 Å². The van der Waals surface area contributed by atoms with Crippen molar-refractivity contribution in [1.82, 2.24) is 9.88 Å². The summed E-state index contributed by atoms with van der Waals surface area (Å²) in [4.78, 5) is 6.59. The SMILES string of the molecule is CC1CN(Cc2cccnc2)CCC1Cl. The van der Waals surface area contributed by atoms with Gasteiger partial charge < -0.3 is 0 Å². The lowest BCUT2D eigenvalue weighted by Crippen LogP contribution is -2.39. The molecule has 1 aromatic heterocycles. The zero-order valence-electron chi connectivity index (χ0n) is 9.06. The van der Waals surface area contributed by atoms with Crippen molar-refractivity contribution in [3.8, 4) is 0 Å². The van der Waals surface area contributed by atoms with Crippen LogP contribution in [0.15, 0.2) is 24.5 Å². The van der Waals surface area contributed by atoms with Gasteiger partial charge in [0.2, 0.25) is 0 Å². The van der Waals surface area contributed by atoms with Gasteiger partial charge in [0.05, 0.1) is 0 Å². The molecule has 2 nitrogen and oxygen atoms in total. The van der Waals surface area contributed by atoms with E-state index in [1.807, 2.05) is 18.5 Å². The fourth-order valence-corrected chi connectivity index (χ4v) is 2.27. The summed E-state index contributed by atoms with van der Waals surface area (Å²) in [5.74, 6) is 0.595. The number of hydrogen-bond acceptors (Lipinski definition) is 2. The van der Waals surface area contributed by atoms with Crippen LogP contribution in [0.2, 0.25) is 0 Å². The first-order valence-electron chi connectivity index (χ1n) is 5.51. The minimum absolute atomic E-state index is 0.357. The highest BCUT2D eigenvalue weighted by atomic mass is 35.5. The van der Waals surface area contributed by atoms with Crippen molar-refractivity contribution in [3.63, 3.8) is 0 Å². The van der Waals surface area contributed by atoms with Crippen LogP contribution in [0.4, 0.5) is 0 Å². The number of alkyl halides is 1. The molecule has 2 rings (SSSR count). The van der Waals surface area contributed by atoms with Crippen molar-refractivity contribution in [2.24, 2.45) is 5.92 Å². The van der Waals surface area contributed by atoms with E-state index >= 15 is 0 Å². The van der Waals surface area contributed by atoms with Crippen LogP contribution in [0.25, 0.3) is 0 Å². The zero-order valence-corrected chi connectivity index (χ0v) is 9.82. The predicted molar refractivity (Wildman–Crippen MR) is 62.9 cm³/mol. The van der Waals surface area contributed by atoms with Crippen molar-refractivity contribution in [2.45, 2.75) is 25.3 Å². The molecule has 2 heterocycles. The van der Waals surface area contributed by atoms with Gasteiger partial charge in [-0.25, -0.2) is 0 Å². The lowest BCUT2D eigenvalue weighted by Gasteiger charge is -2.33. The molecule has 0 aromatic carbocycles. The van der Waals surface area contributed by atoms with Gasteiger partial charge in [0.25, 0.3) is 0 Å². The van der Waals surface area contributed by atoms with E-state index in [1.165, 1.54) is 5.56 Å². The standard InChI is InChI=1S/C12H17ClN2/c1-10-8-15(6-4-12(10)13)9-11-3-2-5-14-7-11/h2-3,5,7,10,12H,4,6,8-9H2,1H3. The molecular formula is C12H17ClN2. The smallest absolute Gasteiger partial charge is 0.0386 e. The van der Waals surface area contributed by atoms with Crippen LogP contribution in [0.5, 0.6) is 0 Å². The first kappa shape index (κ1) is 10.9. The van der Waals surface area contributed by atoms with Crippen molar-refractivity contribution < 1.29 is 0 Å². The molecule has 0 aliphatic carbocycles. The molecule has 3 heteroatoms. The van der Waals surface area contributed by atoms with E-state index in [2.05, 4.69) is 22.9 Å². The molecule has 2 atom stereocenters. The maximum absolute atomic E-state index is 6.20. The fourth-order valence-electron chi connectivity index (χ4n) is 2.10. The van der Waals surface area contributed by atoms with Crippen molar-refractivity contribution >= 4 is 11.6 Å². The van der Waals surface area contributed by atoms with Gasteiger partial charge in [-0.2, -0.15) is 0 Å². The summed E-state index contributed by atoms with van der Waals surface area (Å²) < 4.78 is 0. The molecule has 82 valence electrons. The first-order valence-corrected chi connectivity index (χ1v) is 5.94. The van der Waals surface area contributed by atoms with Crippen LogP contribution in [0.3, 0.4) is 0 Å². The van der Waals surface area contributed by atoms with Crippen LogP contribution in [-0.4, -0.2) is 28.4 Å². The second-order valence-corrected chi connectivity index (χ2v) is 4.94. The summed E-state index contributed by atoms with van der Waals surface area (Å²) in [7, 11) is 0. The van der Waals surface area contributed by atoms with Crippen LogP contribution < -0.4 is 0 Å². The van der Waals surface area contributed by atoms with Gasteiger partial charge >= 0.3 is 0 Å². The number of halogens is 1. The van der Waals surface area contributed by atoms with Gasteiger partial charge in [-0.3, -0.25) is 9.88 Å². The molecule has 0 amide bonds. The van der Waals surface area contributed by atoms with Crippen molar-refractivity contribution in [1.29, 1.82) is 0 Å². The first-order chi connectivity index (χ1) is 7.25. The molecule has 2 unspecified atom stereocenters. The fraction of sp³-hybridized carbons (Fsp3) is 0.583. The lowest BCUT2D eigenvalue weighted by atomic mass is 9.99. The Bertz CT molecular complexity index is 302. The average molecular weight is 225 g/mol. The van der Waals surface area contributed by atoms with Crippen molar-refractivity contribution in [2.75, 3.05) is 13.1 Å². The largest absolute Gasteiger partial charge is 0.299 e. The highest BCUT2D eigenvalue weighted by Crippen LogP contribution is 2.22. The predicted octanol–water partition coefficient (Wildman–Crippen LogP) is 2.53. The third kappa shape index (κ3) is 2.93. The summed E-state index contributed by atoms with van der Waals surface area (Å²) >= 11 is 6.20. The maximum Gasteiger partial charge on any atom is 0.0386 e. The monoisotopic (exact) mass is 224 g/mol. The highest BCUT2D eigenvalue weighted by Gasteiger charge is 2.23. The Kier molecular flexibility index (Phi) is 3.60. The molecular weight excluding hydrogens is 208 g/mol. The molecule has 1 saturated heterocycles. The second kappa shape index (κ2) is 4.95. The van der Waals surface area contributed by atoms with Crippen LogP contribution in [0, 0.1) is 5.92 Å². The summed E-state index contributed by atoms with van der Waals surface area (Å²) in [6.45, 7) is 5.44. The van der Waals surface area contributed by atoms with E-state index in [0.29, 0.717) is 11.3 Å². The molecule has 1 fully saturated rings. The molecule has 1 aliphatic rings. The summed E-state index contributed by atoms with van der Waals surface area (Å²) in [6, 6.07) is 4.12. The van der Waals surface area contributed by atoms with E-state index in [4.69, 9.17) is 11.6 Å². The van der Waals surface area contributed by atoms with E-state index in [0.717, 1.165) is 26.1 Å². The average Bonchev–Trinajstić information content (AvgIpc) is 2.25. The van der Waals surface area contributed by atoms with E-state index < -0.39 is 0 Å². The number of nitrogens with zero attached hydrogens (tertiary/aromatic N) is 2. The number of likely N-dealkylation sites (tertiary alicyclic amines) is 1. The number of hydrogen-bond donors (Lipinski definition) is 0. The molecule has 0 spiro atoms. The van der Waals surface area contributed by atoms with Gasteiger partial charge in [-0.15, -0.1) is 11.6 Å². The Balaban J connectivity index is 1.91.